The predicted molar refractivity (Wildman–Crippen MR) is 69.4 cm³/mol. The highest BCUT2D eigenvalue weighted by atomic mass is 16.5. The van der Waals surface area contributed by atoms with Crippen LogP contribution in [0, 0.1) is 5.92 Å². The van der Waals surface area contributed by atoms with Crippen molar-refractivity contribution < 1.29 is 4.74 Å². The van der Waals surface area contributed by atoms with E-state index in [4.69, 9.17) is 4.74 Å². The lowest BCUT2D eigenvalue weighted by Gasteiger charge is -2.21. The van der Waals surface area contributed by atoms with E-state index >= 15 is 0 Å². The minimum absolute atomic E-state index is 0.722. The van der Waals surface area contributed by atoms with Gasteiger partial charge in [0.05, 0.1) is 6.61 Å². The molecule has 0 saturated carbocycles. The van der Waals surface area contributed by atoms with Gasteiger partial charge in [0.25, 0.3) is 0 Å². The third-order valence-corrected chi connectivity index (χ3v) is 3.54. The van der Waals surface area contributed by atoms with Crippen LogP contribution in [0.15, 0.2) is 0 Å². The molecule has 0 aromatic carbocycles. The van der Waals surface area contributed by atoms with E-state index in [0.717, 1.165) is 31.3 Å². The fraction of sp³-hybridized carbons (Fsp3) is 0.769. The number of aromatic nitrogens is 2. The summed E-state index contributed by atoms with van der Waals surface area (Å²) in [6.07, 6.45) is 6.25. The summed E-state index contributed by atoms with van der Waals surface area (Å²) in [5, 5.41) is 10.9. The van der Waals surface area contributed by atoms with Gasteiger partial charge in [-0.2, -0.15) is 5.10 Å². The highest BCUT2D eigenvalue weighted by molar-refractivity contribution is 5.47. The fourth-order valence-electron chi connectivity index (χ4n) is 2.64. The van der Waals surface area contributed by atoms with Crippen molar-refractivity contribution in [2.24, 2.45) is 5.92 Å². The van der Waals surface area contributed by atoms with E-state index in [1.807, 2.05) is 0 Å². The van der Waals surface area contributed by atoms with E-state index < -0.39 is 0 Å². The van der Waals surface area contributed by atoms with Crippen LogP contribution in [-0.2, 0) is 17.6 Å². The minimum Gasteiger partial charge on any atom is -0.383 e. The van der Waals surface area contributed by atoms with E-state index in [0.29, 0.717) is 0 Å². The largest absolute Gasteiger partial charge is 0.383 e. The van der Waals surface area contributed by atoms with Crippen molar-refractivity contribution >= 4 is 5.82 Å². The van der Waals surface area contributed by atoms with Crippen molar-refractivity contribution in [3.63, 3.8) is 0 Å². The Morgan fingerprint density at radius 1 is 1.53 bits per heavy atom. The Balaban J connectivity index is 1.98. The zero-order valence-corrected chi connectivity index (χ0v) is 10.9. The molecule has 4 heteroatoms. The Hall–Kier alpha value is -1.03. The second-order valence-electron chi connectivity index (χ2n) is 4.85. The topological polar surface area (TPSA) is 49.9 Å². The van der Waals surface area contributed by atoms with Crippen LogP contribution >= 0.6 is 0 Å². The third kappa shape index (κ3) is 3.00. The second kappa shape index (κ2) is 6.05. The number of nitrogens with one attached hydrogen (secondary N) is 2. The molecule has 96 valence electrons. The number of anilines is 1. The predicted octanol–water partition coefficient (Wildman–Crippen LogP) is 2.37. The van der Waals surface area contributed by atoms with Crippen LogP contribution in [0.1, 0.15) is 37.4 Å². The third-order valence-electron chi connectivity index (χ3n) is 3.54. The number of methoxy groups -OCH3 is 1. The molecule has 1 aliphatic carbocycles. The number of ether oxygens (including phenoxy) is 1. The molecule has 17 heavy (non-hydrogen) atoms. The van der Waals surface area contributed by atoms with Gasteiger partial charge in [0.15, 0.2) is 5.82 Å². The average Bonchev–Trinajstić information content (AvgIpc) is 2.73. The van der Waals surface area contributed by atoms with Crippen LogP contribution in [0.25, 0.3) is 0 Å². The Morgan fingerprint density at radius 3 is 3.18 bits per heavy atom. The molecule has 1 heterocycles. The SMILES string of the molecule is CCCC1CCc2[nH]nc(NCCOC)c2C1. The van der Waals surface area contributed by atoms with Crippen molar-refractivity contribution in [3.05, 3.63) is 11.3 Å². The van der Waals surface area contributed by atoms with Crippen LogP contribution in [0.3, 0.4) is 0 Å². The van der Waals surface area contributed by atoms with Gasteiger partial charge in [-0.05, 0) is 25.2 Å². The smallest absolute Gasteiger partial charge is 0.151 e. The van der Waals surface area contributed by atoms with E-state index in [9.17, 15) is 0 Å². The van der Waals surface area contributed by atoms with Crippen molar-refractivity contribution in [2.75, 3.05) is 25.6 Å². The molecule has 0 spiro atoms. The lowest BCUT2D eigenvalue weighted by molar-refractivity contribution is 0.210. The Morgan fingerprint density at radius 2 is 2.41 bits per heavy atom. The van der Waals surface area contributed by atoms with Gasteiger partial charge >= 0.3 is 0 Å². The maximum atomic E-state index is 5.04. The average molecular weight is 237 g/mol. The Kier molecular flexibility index (Phi) is 4.42. The molecule has 1 unspecified atom stereocenters. The molecular weight excluding hydrogens is 214 g/mol. The maximum Gasteiger partial charge on any atom is 0.151 e. The van der Waals surface area contributed by atoms with Crippen molar-refractivity contribution in [1.82, 2.24) is 10.2 Å². The van der Waals surface area contributed by atoms with Crippen LogP contribution in [0.4, 0.5) is 5.82 Å². The molecule has 0 saturated heterocycles. The molecule has 0 aliphatic heterocycles. The Bertz CT molecular complexity index is 348. The van der Waals surface area contributed by atoms with Crippen molar-refractivity contribution in [1.29, 1.82) is 0 Å². The first-order chi connectivity index (χ1) is 8.35. The van der Waals surface area contributed by atoms with Crippen LogP contribution in [-0.4, -0.2) is 30.5 Å². The van der Waals surface area contributed by atoms with Gasteiger partial charge in [-0.25, -0.2) is 0 Å². The summed E-state index contributed by atoms with van der Waals surface area (Å²) in [5.41, 5.74) is 2.74. The van der Waals surface area contributed by atoms with E-state index in [1.54, 1.807) is 7.11 Å². The molecule has 1 aliphatic rings. The standard InChI is InChI=1S/C13H23N3O/c1-3-4-10-5-6-12-11(9-10)13(16-15-12)14-7-8-17-2/h10H,3-9H2,1-2H3,(H2,14,15,16). The second-order valence-corrected chi connectivity index (χ2v) is 4.85. The summed E-state index contributed by atoms with van der Waals surface area (Å²) >= 11 is 0. The number of H-pyrrole nitrogens is 1. The Labute approximate surface area is 103 Å². The normalized spacial score (nSPS) is 19.1. The van der Waals surface area contributed by atoms with E-state index in [1.165, 1.54) is 36.9 Å². The lowest BCUT2D eigenvalue weighted by Crippen LogP contribution is -2.15. The molecule has 1 aromatic rings. The summed E-state index contributed by atoms with van der Waals surface area (Å²) in [7, 11) is 1.72. The highest BCUT2D eigenvalue weighted by Gasteiger charge is 2.22. The molecule has 1 atom stereocenters. The van der Waals surface area contributed by atoms with Gasteiger partial charge in [-0.1, -0.05) is 19.8 Å². The molecule has 0 amide bonds. The molecular formula is C13H23N3O. The lowest BCUT2D eigenvalue weighted by atomic mass is 9.84. The molecule has 1 aromatic heterocycles. The van der Waals surface area contributed by atoms with Crippen molar-refractivity contribution in [3.8, 4) is 0 Å². The first kappa shape index (κ1) is 12.4. The number of aryl methyl sites for hydroxylation is 1. The summed E-state index contributed by atoms with van der Waals surface area (Å²) in [5.74, 6) is 1.88. The van der Waals surface area contributed by atoms with Gasteiger partial charge < -0.3 is 10.1 Å². The summed E-state index contributed by atoms with van der Waals surface area (Å²) < 4.78 is 5.04. The molecule has 0 radical (unpaired) electrons. The minimum atomic E-state index is 0.722. The molecule has 0 fully saturated rings. The number of aromatic amines is 1. The van der Waals surface area contributed by atoms with Crippen LogP contribution < -0.4 is 5.32 Å². The van der Waals surface area contributed by atoms with Crippen LogP contribution in [0.2, 0.25) is 0 Å². The molecule has 0 bridgehead atoms. The maximum absolute atomic E-state index is 5.04. The monoisotopic (exact) mass is 237 g/mol. The van der Waals surface area contributed by atoms with E-state index in [2.05, 4.69) is 22.4 Å². The highest BCUT2D eigenvalue weighted by Crippen LogP contribution is 2.31. The number of rotatable bonds is 6. The fourth-order valence-corrected chi connectivity index (χ4v) is 2.64. The number of nitrogens with zero attached hydrogens (tertiary/aromatic N) is 1. The zero-order chi connectivity index (χ0) is 12.1. The van der Waals surface area contributed by atoms with Crippen LogP contribution in [0.5, 0.6) is 0 Å². The zero-order valence-electron chi connectivity index (χ0n) is 10.9. The van der Waals surface area contributed by atoms with Gasteiger partial charge in [0.2, 0.25) is 0 Å². The summed E-state index contributed by atoms with van der Waals surface area (Å²) in [6, 6.07) is 0. The number of fused-ring (bicyclic) bond motifs is 1. The molecule has 4 nitrogen and oxygen atoms in total. The van der Waals surface area contributed by atoms with Gasteiger partial charge in [-0.3, -0.25) is 5.10 Å². The first-order valence-corrected chi connectivity index (χ1v) is 6.64. The quantitative estimate of drug-likeness (QED) is 0.747. The number of hydrogen-bond donors (Lipinski definition) is 2. The molecule has 2 N–H and O–H groups in total. The summed E-state index contributed by atoms with van der Waals surface area (Å²) in [4.78, 5) is 0. The van der Waals surface area contributed by atoms with Gasteiger partial charge in [0.1, 0.15) is 0 Å². The number of hydrogen-bond acceptors (Lipinski definition) is 3. The van der Waals surface area contributed by atoms with Gasteiger partial charge in [0, 0.05) is 24.9 Å². The van der Waals surface area contributed by atoms with E-state index in [-0.39, 0.29) is 0 Å². The molecule has 2 rings (SSSR count). The van der Waals surface area contributed by atoms with Gasteiger partial charge in [-0.15, -0.1) is 0 Å². The summed E-state index contributed by atoms with van der Waals surface area (Å²) in [6.45, 7) is 3.81. The van der Waals surface area contributed by atoms with Crippen molar-refractivity contribution in [2.45, 2.75) is 39.0 Å². The first-order valence-electron chi connectivity index (χ1n) is 6.64.